The van der Waals surface area contributed by atoms with Crippen molar-refractivity contribution in [3.8, 4) is 10.6 Å². The number of carbonyl (C=O) groups excluding carboxylic acids is 1. The van der Waals surface area contributed by atoms with E-state index in [1.807, 2.05) is 11.8 Å². The average molecular weight is 348 g/mol. The van der Waals surface area contributed by atoms with Crippen molar-refractivity contribution in [2.24, 2.45) is 5.92 Å². The number of rotatable bonds is 5. The number of nitrogens with zero attached hydrogens (tertiary/aromatic N) is 2. The Morgan fingerprint density at radius 3 is 3.08 bits per heavy atom. The highest BCUT2D eigenvalue weighted by molar-refractivity contribution is 7.16. The third kappa shape index (κ3) is 3.82. The zero-order chi connectivity index (χ0) is 16.9. The zero-order valence-electron chi connectivity index (χ0n) is 13.7. The highest BCUT2D eigenvalue weighted by atomic mass is 32.1. The van der Waals surface area contributed by atoms with Gasteiger partial charge in [0.05, 0.1) is 12.8 Å². The summed E-state index contributed by atoms with van der Waals surface area (Å²) in [7, 11) is 0. The molecule has 0 aliphatic carbocycles. The van der Waals surface area contributed by atoms with Crippen LogP contribution in [0.2, 0.25) is 0 Å². The van der Waals surface area contributed by atoms with E-state index in [1.165, 1.54) is 17.4 Å². The first-order chi connectivity index (χ1) is 11.7. The van der Waals surface area contributed by atoms with E-state index in [0.29, 0.717) is 41.1 Å². The van der Waals surface area contributed by atoms with Gasteiger partial charge < -0.3 is 9.64 Å². The molecule has 1 aromatic heterocycles. The van der Waals surface area contributed by atoms with Crippen molar-refractivity contribution in [1.82, 2.24) is 9.88 Å². The first kappa shape index (κ1) is 17.0. The molecular weight excluding hydrogens is 327 g/mol. The fourth-order valence-electron chi connectivity index (χ4n) is 2.96. The zero-order valence-corrected chi connectivity index (χ0v) is 14.5. The maximum atomic E-state index is 13.9. The van der Waals surface area contributed by atoms with Crippen LogP contribution >= 0.6 is 11.3 Å². The minimum atomic E-state index is -0.319. The van der Waals surface area contributed by atoms with E-state index in [1.54, 1.807) is 24.4 Å². The Labute approximate surface area is 145 Å². The summed E-state index contributed by atoms with van der Waals surface area (Å²) in [5.41, 5.74) is 0.439. The summed E-state index contributed by atoms with van der Waals surface area (Å²) in [4.78, 5) is 19.4. The lowest BCUT2D eigenvalue weighted by atomic mass is 9.99. The number of thiazole rings is 1. The standard InChI is InChI=1S/C18H21FN2O2S/c1-2-23-12-13-6-5-9-21(11-13)18(22)16-10-20-17(24-16)14-7-3-4-8-15(14)19/h3-4,7-8,10,13H,2,5-6,9,11-12H2,1H3. The Morgan fingerprint density at radius 1 is 1.46 bits per heavy atom. The molecule has 6 heteroatoms. The predicted octanol–water partition coefficient (Wildman–Crippen LogP) is 3.84. The summed E-state index contributed by atoms with van der Waals surface area (Å²) in [6.45, 7) is 4.85. The summed E-state index contributed by atoms with van der Waals surface area (Å²) >= 11 is 1.25. The van der Waals surface area contributed by atoms with Crippen molar-refractivity contribution in [2.75, 3.05) is 26.3 Å². The molecule has 4 nitrogen and oxygen atoms in total. The van der Waals surface area contributed by atoms with Gasteiger partial charge >= 0.3 is 0 Å². The van der Waals surface area contributed by atoms with Crippen molar-refractivity contribution in [3.63, 3.8) is 0 Å². The number of amides is 1. The molecule has 1 fully saturated rings. The SMILES string of the molecule is CCOCC1CCCN(C(=O)c2cnc(-c3ccccc3F)s2)C1. The summed E-state index contributed by atoms with van der Waals surface area (Å²) in [5.74, 6) is 0.0542. The van der Waals surface area contributed by atoms with Crippen LogP contribution in [0, 0.1) is 11.7 Å². The van der Waals surface area contributed by atoms with Crippen molar-refractivity contribution in [2.45, 2.75) is 19.8 Å². The van der Waals surface area contributed by atoms with Gasteiger partial charge in [0.2, 0.25) is 0 Å². The van der Waals surface area contributed by atoms with Gasteiger partial charge in [-0.1, -0.05) is 12.1 Å². The van der Waals surface area contributed by atoms with E-state index >= 15 is 0 Å². The molecule has 0 N–H and O–H groups in total. The second-order valence-corrected chi connectivity index (χ2v) is 6.96. The molecule has 1 saturated heterocycles. The molecule has 0 spiro atoms. The Kier molecular flexibility index (Phi) is 5.58. The first-order valence-electron chi connectivity index (χ1n) is 8.26. The Balaban J connectivity index is 1.70. The van der Waals surface area contributed by atoms with Gasteiger partial charge in [-0.25, -0.2) is 9.37 Å². The second kappa shape index (κ2) is 7.85. The van der Waals surface area contributed by atoms with Crippen molar-refractivity contribution >= 4 is 17.2 Å². The topological polar surface area (TPSA) is 42.4 Å². The molecule has 1 aliphatic heterocycles. The van der Waals surface area contributed by atoms with E-state index in [9.17, 15) is 9.18 Å². The van der Waals surface area contributed by atoms with Crippen molar-refractivity contribution in [3.05, 3.63) is 41.2 Å². The number of aromatic nitrogens is 1. The van der Waals surface area contributed by atoms with Gasteiger partial charge in [0.1, 0.15) is 15.7 Å². The molecular formula is C18H21FN2O2S. The minimum absolute atomic E-state index is 0.0173. The Bertz CT molecular complexity index is 704. The molecule has 3 rings (SSSR count). The van der Waals surface area contributed by atoms with Crippen LogP contribution in [-0.4, -0.2) is 42.1 Å². The lowest BCUT2D eigenvalue weighted by molar-refractivity contribution is 0.0504. The van der Waals surface area contributed by atoms with E-state index in [4.69, 9.17) is 4.74 Å². The average Bonchev–Trinajstić information content (AvgIpc) is 3.10. The lowest BCUT2D eigenvalue weighted by Crippen LogP contribution is -2.41. The number of halogens is 1. The Morgan fingerprint density at radius 2 is 2.29 bits per heavy atom. The summed E-state index contributed by atoms with van der Waals surface area (Å²) < 4.78 is 19.4. The third-order valence-corrected chi connectivity index (χ3v) is 5.20. The number of ether oxygens (including phenoxy) is 1. The molecule has 24 heavy (non-hydrogen) atoms. The van der Waals surface area contributed by atoms with Gasteiger partial charge in [0.25, 0.3) is 5.91 Å². The van der Waals surface area contributed by atoms with Crippen LogP contribution in [0.25, 0.3) is 10.6 Å². The highest BCUT2D eigenvalue weighted by Gasteiger charge is 2.26. The van der Waals surface area contributed by atoms with Gasteiger partial charge in [0, 0.05) is 25.3 Å². The molecule has 1 amide bonds. The third-order valence-electron chi connectivity index (χ3n) is 4.18. The summed E-state index contributed by atoms with van der Waals surface area (Å²) in [6, 6.07) is 6.50. The number of carbonyl (C=O) groups is 1. The number of benzene rings is 1. The van der Waals surface area contributed by atoms with Crippen LogP contribution in [-0.2, 0) is 4.74 Å². The summed E-state index contributed by atoms with van der Waals surface area (Å²) in [5, 5.41) is 0.541. The van der Waals surface area contributed by atoms with Gasteiger partial charge in [-0.05, 0) is 37.8 Å². The molecule has 1 unspecified atom stereocenters. The normalized spacial score (nSPS) is 17.9. The fraction of sp³-hybridized carbons (Fsp3) is 0.444. The second-order valence-electron chi connectivity index (χ2n) is 5.93. The van der Waals surface area contributed by atoms with Gasteiger partial charge in [-0.3, -0.25) is 4.79 Å². The molecule has 1 aromatic carbocycles. The number of hydrogen-bond donors (Lipinski definition) is 0. The molecule has 1 aliphatic rings. The molecule has 0 radical (unpaired) electrons. The van der Waals surface area contributed by atoms with E-state index in [-0.39, 0.29) is 11.7 Å². The Hall–Kier alpha value is -1.79. The van der Waals surface area contributed by atoms with Gasteiger partial charge in [0.15, 0.2) is 0 Å². The smallest absolute Gasteiger partial charge is 0.265 e. The quantitative estimate of drug-likeness (QED) is 0.824. The van der Waals surface area contributed by atoms with Crippen molar-refractivity contribution < 1.29 is 13.9 Å². The fourth-order valence-corrected chi connectivity index (χ4v) is 3.87. The van der Waals surface area contributed by atoms with E-state index in [0.717, 1.165) is 19.4 Å². The number of piperidine rings is 1. The maximum absolute atomic E-state index is 13.9. The number of likely N-dealkylation sites (tertiary alicyclic amines) is 1. The summed E-state index contributed by atoms with van der Waals surface area (Å²) in [6.07, 6.45) is 3.64. The highest BCUT2D eigenvalue weighted by Crippen LogP contribution is 2.29. The van der Waals surface area contributed by atoms with Gasteiger partial charge in [-0.2, -0.15) is 0 Å². The minimum Gasteiger partial charge on any atom is -0.381 e. The molecule has 128 valence electrons. The largest absolute Gasteiger partial charge is 0.381 e. The van der Waals surface area contributed by atoms with Crippen LogP contribution in [0.4, 0.5) is 4.39 Å². The molecule has 2 heterocycles. The monoisotopic (exact) mass is 348 g/mol. The van der Waals surface area contributed by atoms with E-state index in [2.05, 4.69) is 4.98 Å². The predicted molar refractivity (Wildman–Crippen MR) is 92.6 cm³/mol. The van der Waals surface area contributed by atoms with Crippen LogP contribution in [0.15, 0.2) is 30.5 Å². The van der Waals surface area contributed by atoms with E-state index < -0.39 is 0 Å². The lowest BCUT2D eigenvalue weighted by Gasteiger charge is -2.32. The van der Waals surface area contributed by atoms with Crippen molar-refractivity contribution in [1.29, 1.82) is 0 Å². The van der Waals surface area contributed by atoms with Crippen LogP contribution in [0.5, 0.6) is 0 Å². The molecule has 2 aromatic rings. The maximum Gasteiger partial charge on any atom is 0.265 e. The van der Waals surface area contributed by atoms with Crippen LogP contribution in [0.3, 0.4) is 0 Å². The number of hydrogen-bond acceptors (Lipinski definition) is 4. The first-order valence-corrected chi connectivity index (χ1v) is 9.08. The van der Waals surface area contributed by atoms with Gasteiger partial charge in [-0.15, -0.1) is 11.3 Å². The van der Waals surface area contributed by atoms with Crippen LogP contribution in [0.1, 0.15) is 29.4 Å². The molecule has 0 bridgehead atoms. The molecule has 0 saturated carbocycles. The molecule has 1 atom stereocenters. The van der Waals surface area contributed by atoms with Crippen LogP contribution < -0.4 is 0 Å².